The second-order valence-corrected chi connectivity index (χ2v) is 6.38. The van der Waals surface area contributed by atoms with Gasteiger partial charge in [0.25, 0.3) is 0 Å². The lowest BCUT2D eigenvalue weighted by Gasteiger charge is -2.12. The van der Waals surface area contributed by atoms with Crippen LogP contribution in [0.2, 0.25) is 0 Å². The Hall–Kier alpha value is -1.13. The van der Waals surface area contributed by atoms with Gasteiger partial charge in [0.05, 0.1) is 6.61 Å². The molecule has 1 aromatic carbocycles. The molecule has 0 aliphatic heterocycles. The minimum atomic E-state index is 0.670. The fraction of sp³-hybridized carbons (Fsp3) is 0.588. The minimum Gasteiger partial charge on any atom is -0.494 e. The average molecular weight is 308 g/mol. The van der Waals surface area contributed by atoms with Crippen molar-refractivity contribution in [3.63, 3.8) is 0 Å². The standard InChI is InChI=1S/C17H28N2OS/c1-14(2)10-13-20-16-8-6-15(7-9-16)17(21)18-11-5-12-19(3)4/h6-9,14H,5,10-13H2,1-4H3,(H,18,21). The first-order valence-corrected chi connectivity index (χ1v) is 8.05. The zero-order valence-electron chi connectivity index (χ0n) is 13.7. The van der Waals surface area contributed by atoms with E-state index in [0.29, 0.717) is 5.92 Å². The van der Waals surface area contributed by atoms with Gasteiger partial charge in [-0.3, -0.25) is 0 Å². The quantitative estimate of drug-likeness (QED) is 0.559. The van der Waals surface area contributed by atoms with E-state index in [-0.39, 0.29) is 0 Å². The van der Waals surface area contributed by atoms with Crippen LogP contribution in [0.5, 0.6) is 5.75 Å². The zero-order chi connectivity index (χ0) is 15.7. The molecule has 0 spiro atoms. The lowest BCUT2D eigenvalue weighted by atomic mass is 10.1. The minimum absolute atomic E-state index is 0.670. The number of hydrogen-bond donors (Lipinski definition) is 1. The Labute approximate surface area is 134 Å². The van der Waals surface area contributed by atoms with Gasteiger partial charge in [0.15, 0.2) is 0 Å². The van der Waals surface area contributed by atoms with E-state index in [2.05, 4.69) is 38.2 Å². The van der Waals surface area contributed by atoms with E-state index in [4.69, 9.17) is 17.0 Å². The Kier molecular flexibility index (Phi) is 8.31. The summed E-state index contributed by atoms with van der Waals surface area (Å²) in [6.07, 6.45) is 2.16. The van der Waals surface area contributed by atoms with Crippen molar-refractivity contribution in [2.45, 2.75) is 26.7 Å². The van der Waals surface area contributed by atoms with E-state index in [9.17, 15) is 0 Å². The number of thiocarbonyl (C=S) groups is 1. The van der Waals surface area contributed by atoms with Crippen LogP contribution in [0.15, 0.2) is 24.3 Å². The van der Waals surface area contributed by atoms with Crippen LogP contribution in [0.1, 0.15) is 32.3 Å². The number of rotatable bonds is 9. The molecular weight excluding hydrogens is 280 g/mol. The summed E-state index contributed by atoms with van der Waals surface area (Å²) in [6, 6.07) is 8.02. The largest absolute Gasteiger partial charge is 0.494 e. The van der Waals surface area contributed by atoms with Crippen molar-refractivity contribution < 1.29 is 4.74 Å². The molecule has 1 rings (SSSR count). The third kappa shape index (κ3) is 8.02. The third-order valence-corrected chi connectivity index (χ3v) is 3.53. The number of nitrogens with zero attached hydrogens (tertiary/aromatic N) is 1. The highest BCUT2D eigenvalue weighted by Crippen LogP contribution is 2.13. The molecular formula is C17H28N2OS. The summed E-state index contributed by atoms with van der Waals surface area (Å²) >= 11 is 5.40. The predicted octanol–water partition coefficient (Wildman–Crippen LogP) is 3.33. The van der Waals surface area contributed by atoms with Crippen molar-refractivity contribution in [1.82, 2.24) is 10.2 Å². The predicted molar refractivity (Wildman–Crippen MR) is 94.3 cm³/mol. The maximum absolute atomic E-state index is 5.71. The molecule has 0 bridgehead atoms. The van der Waals surface area contributed by atoms with Crippen LogP contribution in [-0.4, -0.2) is 43.7 Å². The van der Waals surface area contributed by atoms with Gasteiger partial charge in [-0.25, -0.2) is 0 Å². The maximum atomic E-state index is 5.71. The smallest absolute Gasteiger partial charge is 0.119 e. The van der Waals surface area contributed by atoms with Crippen molar-refractivity contribution in [2.24, 2.45) is 5.92 Å². The van der Waals surface area contributed by atoms with Crippen LogP contribution in [0.3, 0.4) is 0 Å². The zero-order valence-corrected chi connectivity index (χ0v) is 14.5. The lowest BCUT2D eigenvalue weighted by molar-refractivity contribution is 0.289. The Morgan fingerprint density at radius 2 is 1.90 bits per heavy atom. The van der Waals surface area contributed by atoms with Crippen LogP contribution < -0.4 is 10.1 Å². The Morgan fingerprint density at radius 3 is 2.48 bits per heavy atom. The first kappa shape index (κ1) is 17.9. The molecule has 0 atom stereocenters. The molecule has 3 nitrogen and oxygen atoms in total. The van der Waals surface area contributed by atoms with Crippen LogP contribution in [0.25, 0.3) is 0 Å². The normalized spacial score (nSPS) is 11.0. The third-order valence-electron chi connectivity index (χ3n) is 3.15. The number of hydrogen-bond acceptors (Lipinski definition) is 3. The van der Waals surface area contributed by atoms with Gasteiger partial charge >= 0.3 is 0 Å². The molecule has 0 heterocycles. The van der Waals surface area contributed by atoms with Gasteiger partial charge in [-0.05, 0) is 63.7 Å². The van der Waals surface area contributed by atoms with E-state index >= 15 is 0 Å². The maximum Gasteiger partial charge on any atom is 0.119 e. The summed E-state index contributed by atoms with van der Waals surface area (Å²) in [5.41, 5.74) is 1.05. The Balaban J connectivity index is 2.33. The number of nitrogens with one attached hydrogen (secondary N) is 1. The molecule has 1 N–H and O–H groups in total. The van der Waals surface area contributed by atoms with Gasteiger partial charge in [0.2, 0.25) is 0 Å². The molecule has 4 heteroatoms. The van der Waals surface area contributed by atoms with E-state index in [1.807, 2.05) is 24.3 Å². The fourth-order valence-electron chi connectivity index (χ4n) is 1.81. The van der Waals surface area contributed by atoms with Crippen molar-refractivity contribution in [1.29, 1.82) is 0 Å². The van der Waals surface area contributed by atoms with Crippen molar-refractivity contribution in [3.05, 3.63) is 29.8 Å². The second kappa shape index (κ2) is 9.74. The molecule has 0 saturated carbocycles. The molecule has 0 fully saturated rings. The molecule has 0 saturated heterocycles. The van der Waals surface area contributed by atoms with E-state index in [1.54, 1.807) is 0 Å². The van der Waals surface area contributed by atoms with E-state index < -0.39 is 0 Å². The van der Waals surface area contributed by atoms with Crippen LogP contribution in [-0.2, 0) is 0 Å². The Morgan fingerprint density at radius 1 is 1.24 bits per heavy atom. The molecule has 0 aliphatic carbocycles. The van der Waals surface area contributed by atoms with Gasteiger partial charge in [0, 0.05) is 12.1 Å². The summed E-state index contributed by atoms with van der Waals surface area (Å²) < 4.78 is 5.71. The summed E-state index contributed by atoms with van der Waals surface area (Å²) in [6.45, 7) is 7.14. The summed E-state index contributed by atoms with van der Waals surface area (Å²) in [4.78, 5) is 2.98. The SMILES string of the molecule is CC(C)CCOc1ccc(C(=S)NCCCN(C)C)cc1. The first-order chi connectivity index (χ1) is 9.99. The molecule has 0 amide bonds. The van der Waals surface area contributed by atoms with Crippen LogP contribution in [0.4, 0.5) is 0 Å². The van der Waals surface area contributed by atoms with E-state index in [0.717, 1.165) is 48.8 Å². The van der Waals surface area contributed by atoms with Crippen molar-refractivity contribution >= 4 is 17.2 Å². The average Bonchev–Trinajstić information content (AvgIpc) is 2.43. The molecule has 118 valence electrons. The summed E-state index contributed by atoms with van der Waals surface area (Å²) in [7, 11) is 4.16. The Bertz CT molecular complexity index is 415. The second-order valence-electron chi connectivity index (χ2n) is 5.97. The highest BCUT2D eigenvalue weighted by atomic mass is 32.1. The van der Waals surface area contributed by atoms with Gasteiger partial charge in [-0.15, -0.1) is 0 Å². The number of ether oxygens (including phenoxy) is 1. The molecule has 0 unspecified atom stereocenters. The van der Waals surface area contributed by atoms with Gasteiger partial charge in [-0.2, -0.15) is 0 Å². The fourth-order valence-corrected chi connectivity index (χ4v) is 2.05. The molecule has 1 aromatic rings. The topological polar surface area (TPSA) is 24.5 Å². The summed E-state index contributed by atoms with van der Waals surface area (Å²) in [5, 5.41) is 3.30. The summed E-state index contributed by atoms with van der Waals surface area (Å²) in [5.74, 6) is 1.58. The van der Waals surface area contributed by atoms with Crippen LogP contribution in [0, 0.1) is 5.92 Å². The molecule has 21 heavy (non-hydrogen) atoms. The highest BCUT2D eigenvalue weighted by Gasteiger charge is 2.02. The monoisotopic (exact) mass is 308 g/mol. The molecule has 0 aromatic heterocycles. The van der Waals surface area contributed by atoms with Gasteiger partial charge in [0.1, 0.15) is 10.7 Å². The lowest BCUT2D eigenvalue weighted by Crippen LogP contribution is -2.26. The van der Waals surface area contributed by atoms with Crippen molar-refractivity contribution in [2.75, 3.05) is 33.8 Å². The highest BCUT2D eigenvalue weighted by molar-refractivity contribution is 7.80. The van der Waals surface area contributed by atoms with Crippen molar-refractivity contribution in [3.8, 4) is 5.75 Å². The first-order valence-electron chi connectivity index (χ1n) is 7.65. The molecule has 0 aliphatic rings. The van der Waals surface area contributed by atoms with Crippen LogP contribution >= 0.6 is 12.2 Å². The van der Waals surface area contributed by atoms with Gasteiger partial charge < -0.3 is 15.0 Å². The molecule has 0 radical (unpaired) electrons. The van der Waals surface area contributed by atoms with Gasteiger partial charge in [-0.1, -0.05) is 26.1 Å². The number of benzene rings is 1. The van der Waals surface area contributed by atoms with E-state index in [1.165, 1.54) is 0 Å².